The normalized spacial score (nSPS) is 12.4. The maximum absolute atomic E-state index is 11.1. The molecular formula is C25H30N4O3. The zero-order valence-corrected chi connectivity index (χ0v) is 19.1. The number of benzene rings is 1. The van der Waals surface area contributed by atoms with Crippen molar-refractivity contribution in [1.29, 1.82) is 0 Å². The van der Waals surface area contributed by atoms with Gasteiger partial charge in [0.1, 0.15) is 6.61 Å². The van der Waals surface area contributed by atoms with E-state index in [1.165, 1.54) is 0 Å². The van der Waals surface area contributed by atoms with Crippen LogP contribution in [0.25, 0.3) is 5.70 Å². The van der Waals surface area contributed by atoms with Crippen molar-refractivity contribution in [3.8, 4) is 0 Å². The average Bonchev–Trinajstić information content (AvgIpc) is 3.14. The predicted octanol–water partition coefficient (Wildman–Crippen LogP) is 4.06. The van der Waals surface area contributed by atoms with E-state index in [1.54, 1.807) is 24.1 Å². The topological polar surface area (TPSA) is 91.7 Å². The fraction of sp³-hybridized carbons (Fsp3) is 0.240. The number of hydrogen-bond acceptors (Lipinski definition) is 5. The summed E-state index contributed by atoms with van der Waals surface area (Å²) in [5.74, 6) is 0.765. The van der Waals surface area contributed by atoms with Gasteiger partial charge in [0.15, 0.2) is 0 Å². The van der Waals surface area contributed by atoms with Crippen molar-refractivity contribution >= 4 is 17.5 Å². The Bertz CT molecular complexity index is 1070. The summed E-state index contributed by atoms with van der Waals surface area (Å²) < 4.78 is 13.2. The third-order valence-corrected chi connectivity index (χ3v) is 4.73. The summed E-state index contributed by atoms with van der Waals surface area (Å²) in [6.45, 7) is 11.9. The molecule has 0 aliphatic carbocycles. The third-order valence-electron chi connectivity index (χ3n) is 4.73. The van der Waals surface area contributed by atoms with Crippen LogP contribution in [0.1, 0.15) is 36.2 Å². The first-order chi connectivity index (χ1) is 15.2. The molecule has 7 nitrogen and oxygen atoms in total. The Labute approximate surface area is 189 Å². The van der Waals surface area contributed by atoms with Crippen LogP contribution in [0.2, 0.25) is 0 Å². The molecule has 0 atom stereocenters. The first-order valence-corrected chi connectivity index (χ1v) is 10.1. The number of aromatic nitrogens is 2. The number of aliphatic imine (C=N–C) groups is 1. The molecule has 1 amide bonds. The summed E-state index contributed by atoms with van der Waals surface area (Å²) in [7, 11) is 3.39. The molecule has 2 N–H and O–H groups in total. The number of carbonyl (C=O) groups is 1. The molecule has 168 valence electrons. The van der Waals surface area contributed by atoms with Crippen LogP contribution in [0, 0.1) is 0 Å². The van der Waals surface area contributed by atoms with Gasteiger partial charge in [-0.25, -0.2) is 4.99 Å². The number of nitrogens with zero attached hydrogens (tertiary/aromatic N) is 3. The zero-order chi connectivity index (χ0) is 23.7. The summed E-state index contributed by atoms with van der Waals surface area (Å²) >= 11 is 0. The molecule has 0 saturated carbocycles. The van der Waals surface area contributed by atoms with E-state index in [9.17, 15) is 4.79 Å². The number of ether oxygens (including phenoxy) is 2. The molecule has 0 saturated heterocycles. The van der Waals surface area contributed by atoms with E-state index in [-0.39, 0.29) is 12.3 Å². The van der Waals surface area contributed by atoms with Gasteiger partial charge >= 0.3 is 0 Å². The Morgan fingerprint density at radius 1 is 1.25 bits per heavy atom. The van der Waals surface area contributed by atoms with E-state index in [0.717, 1.165) is 28.2 Å². The van der Waals surface area contributed by atoms with Crippen LogP contribution >= 0.6 is 0 Å². The predicted molar refractivity (Wildman–Crippen MR) is 128 cm³/mol. The number of methoxy groups -OCH3 is 1. The Morgan fingerprint density at radius 2 is 1.94 bits per heavy atom. The van der Waals surface area contributed by atoms with Crippen LogP contribution in [0.3, 0.4) is 0 Å². The molecule has 0 aliphatic heterocycles. The summed E-state index contributed by atoms with van der Waals surface area (Å²) in [5.41, 5.74) is 9.97. The molecule has 0 fully saturated rings. The lowest BCUT2D eigenvalue weighted by molar-refractivity contribution is -0.117. The van der Waals surface area contributed by atoms with Crippen molar-refractivity contribution in [3.63, 3.8) is 0 Å². The van der Waals surface area contributed by atoms with Crippen molar-refractivity contribution < 1.29 is 14.3 Å². The molecule has 0 unspecified atom stereocenters. The largest absolute Gasteiger partial charge is 0.492 e. The van der Waals surface area contributed by atoms with Crippen LogP contribution in [0.15, 0.2) is 78.2 Å². The monoisotopic (exact) mass is 434 g/mol. The summed E-state index contributed by atoms with van der Waals surface area (Å²) in [4.78, 5) is 15.6. The van der Waals surface area contributed by atoms with E-state index < -0.39 is 0 Å². The second kappa shape index (κ2) is 11.5. The second-order valence-corrected chi connectivity index (χ2v) is 7.22. The van der Waals surface area contributed by atoms with E-state index >= 15 is 0 Å². The molecular weight excluding hydrogens is 404 g/mol. The van der Waals surface area contributed by atoms with Crippen LogP contribution in [0.5, 0.6) is 0 Å². The number of nitrogens with two attached hydrogens (primary N) is 1. The Kier molecular flexibility index (Phi) is 8.77. The molecule has 0 radical (unpaired) electrons. The van der Waals surface area contributed by atoms with Crippen LogP contribution < -0.4 is 5.73 Å². The smallest absolute Gasteiger partial charge is 0.224 e. The number of carbonyl (C=O) groups excluding carboxylic acids is 1. The lowest BCUT2D eigenvalue weighted by Crippen LogP contribution is -2.13. The molecule has 2 rings (SSSR count). The SMILES string of the molecule is C=C/C(C)=C\C=C(/C)OCc1c(C(=NC(=C)c2ccc(CC(N)=O)cc2)OC)cnn1C. The molecule has 0 bridgehead atoms. The molecule has 0 aliphatic rings. The quantitative estimate of drug-likeness (QED) is 0.264. The first-order valence-electron chi connectivity index (χ1n) is 10.1. The minimum atomic E-state index is -0.375. The number of amides is 1. The highest BCUT2D eigenvalue weighted by atomic mass is 16.5. The molecule has 32 heavy (non-hydrogen) atoms. The van der Waals surface area contributed by atoms with Gasteiger partial charge in [0.05, 0.1) is 42.4 Å². The van der Waals surface area contributed by atoms with Gasteiger partial charge in [0.25, 0.3) is 0 Å². The van der Waals surface area contributed by atoms with Crippen molar-refractivity contribution in [3.05, 3.63) is 95.6 Å². The first kappa shape index (κ1) is 24.4. The third kappa shape index (κ3) is 6.84. The van der Waals surface area contributed by atoms with Gasteiger partial charge in [-0.05, 0) is 31.1 Å². The van der Waals surface area contributed by atoms with E-state index in [2.05, 4.69) is 23.2 Å². The van der Waals surface area contributed by atoms with E-state index in [0.29, 0.717) is 23.8 Å². The Hall–Kier alpha value is -3.87. The van der Waals surface area contributed by atoms with Crippen molar-refractivity contribution in [2.24, 2.45) is 17.8 Å². The van der Waals surface area contributed by atoms with Gasteiger partial charge in [-0.15, -0.1) is 0 Å². The number of hydrogen-bond donors (Lipinski definition) is 1. The number of allylic oxidation sites excluding steroid dienone is 5. The van der Waals surface area contributed by atoms with Gasteiger partial charge < -0.3 is 15.2 Å². The van der Waals surface area contributed by atoms with Crippen LogP contribution in [0.4, 0.5) is 0 Å². The van der Waals surface area contributed by atoms with Crippen molar-refractivity contribution in [1.82, 2.24) is 9.78 Å². The Balaban J connectivity index is 2.22. The molecule has 1 aromatic carbocycles. The van der Waals surface area contributed by atoms with E-state index in [4.69, 9.17) is 15.2 Å². The van der Waals surface area contributed by atoms with Crippen LogP contribution in [-0.4, -0.2) is 28.7 Å². The fourth-order valence-electron chi connectivity index (χ4n) is 2.78. The second-order valence-electron chi connectivity index (χ2n) is 7.22. The van der Waals surface area contributed by atoms with Gasteiger partial charge in [0.2, 0.25) is 11.8 Å². The van der Waals surface area contributed by atoms with Crippen LogP contribution in [-0.2, 0) is 34.3 Å². The lowest BCUT2D eigenvalue weighted by atomic mass is 10.1. The highest BCUT2D eigenvalue weighted by molar-refractivity contribution is 5.98. The van der Waals surface area contributed by atoms with E-state index in [1.807, 2.05) is 57.3 Å². The Morgan fingerprint density at radius 3 is 2.53 bits per heavy atom. The summed E-state index contributed by atoms with van der Waals surface area (Å²) in [5, 5.41) is 4.33. The molecule has 2 aromatic rings. The molecule has 0 spiro atoms. The van der Waals surface area contributed by atoms with Crippen molar-refractivity contribution in [2.75, 3.05) is 7.11 Å². The van der Waals surface area contributed by atoms with Gasteiger partial charge in [-0.1, -0.05) is 55.1 Å². The summed E-state index contributed by atoms with van der Waals surface area (Å²) in [6, 6.07) is 7.34. The number of primary amides is 1. The number of rotatable bonds is 10. The highest BCUT2D eigenvalue weighted by Gasteiger charge is 2.16. The standard InChI is InChI=1S/C25H30N4O3/c1-7-17(2)8-9-18(3)32-16-23-22(15-27-29(23)5)25(31-6)28-19(4)21-12-10-20(11-13-21)14-24(26)30/h7-13,15H,1,4,14,16H2,2-3,5-6H3,(H2,26,30)/b17-8-,18-9+,28-25?. The zero-order valence-electron chi connectivity index (χ0n) is 19.1. The lowest BCUT2D eigenvalue weighted by Gasteiger charge is -2.11. The maximum Gasteiger partial charge on any atom is 0.224 e. The number of aryl methyl sites for hydroxylation is 1. The molecule has 1 heterocycles. The van der Waals surface area contributed by atoms with Gasteiger partial charge in [0, 0.05) is 7.05 Å². The summed E-state index contributed by atoms with van der Waals surface area (Å²) in [6.07, 6.45) is 7.48. The minimum absolute atomic E-state index is 0.190. The fourth-order valence-corrected chi connectivity index (χ4v) is 2.78. The van der Waals surface area contributed by atoms with Gasteiger partial charge in [-0.2, -0.15) is 5.10 Å². The molecule has 1 aromatic heterocycles. The highest BCUT2D eigenvalue weighted by Crippen LogP contribution is 2.19. The minimum Gasteiger partial charge on any atom is -0.492 e. The maximum atomic E-state index is 11.1. The molecule has 7 heteroatoms. The van der Waals surface area contributed by atoms with Gasteiger partial charge in [-0.3, -0.25) is 9.48 Å². The van der Waals surface area contributed by atoms with Crippen molar-refractivity contribution in [2.45, 2.75) is 26.9 Å². The average molecular weight is 435 g/mol.